The predicted octanol–water partition coefficient (Wildman–Crippen LogP) is 4.37. The fourth-order valence-electron chi connectivity index (χ4n) is 2.69. The Balaban J connectivity index is 2.52. The summed E-state index contributed by atoms with van der Waals surface area (Å²) in [5.41, 5.74) is 6.27. The van der Waals surface area contributed by atoms with Crippen LogP contribution in [-0.2, 0) is 0 Å². The number of rotatable bonds is 2. The summed E-state index contributed by atoms with van der Waals surface area (Å²) < 4.78 is 0. The second-order valence-electron chi connectivity index (χ2n) is 6.03. The molecule has 0 radical (unpaired) electrons. The molecule has 108 valence electrons. The van der Waals surface area contributed by atoms with Gasteiger partial charge in [0.1, 0.15) is 0 Å². The summed E-state index contributed by atoms with van der Waals surface area (Å²) in [6, 6.07) is 0. The lowest BCUT2D eigenvalue weighted by Crippen LogP contribution is -2.15. The van der Waals surface area contributed by atoms with Crippen molar-refractivity contribution in [3.8, 4) is 0 Å². The number of aliphatic imine (C=N–C) groups is 1. The van der Waals surface area contributed by atoms with Crippen LogP contribution >= 0.6 is 11.8 Å². The van der Waals surface area contributed by atoms with Gasteiger partial charge in [0.15, 0.2) is 6.29 Å². The van der Waals surface area contributed by atoms with Crippen molar-refractivity contribution in [3.63, 3.8) is 0 Å². The van der Waals surface area contributed by atoms with Gasteiger partial charge < -0.3 is 4.98 Å². The van der Waals surface area contributed by atoms with Gasteiger partial charge in [0, 0.05) is 23.2 Å². The topological polar surface area (TPSA) is 45.2 Å². The number of carbonyl (C=O) groups excluding carboxylic acids is 1. The number of aromatic amines is 1. The Kier molecular flexibility index (Phi) is 3.96. The standard InChI is InChI=1S/C16H22N2OS/c1-9-10(2)14(17-13(9)8-19)11(3)12-7-16(4,5)15(18-12)20-6/h8,17H,7H2,1-6H3/b12-11-. The molecule has 0 amide bonds. The van der Waals surface area contributed by atoms with Crippen molar-refractivity contribution in [2.75, 3.05) is 6.26 Å². The number of thioether (sulfide) groups is 1. The summed E-state index contributed by atoms with van der Waals surface area (Å²) in [7, 11) is 0. The van der Waals surface area contributed by atoms with Gasteiger partial charge in [0.25, 0.3) is 0 Å². The molecule has 2 rings (SSSR count). The lowest BCUT2D eigenvalue weighted by molar-refractivity contribution is 0.111. The fraction of sp³-hybridized carbons (Fsp3) is 0.500. The van der Waals surface area contributed by atoms with Gasteiger partial charge in [-0.05, 0) is 43.7 Å². The van der Waals surface area contributed by atoms with Gasteiger partial charge in [-0.3, -0.25) is 9.79 Å². The average molecular weight is 290 g/mol. The second kappa shape index (κ2) is 5.24. The zero-order chi connectivity index (χ0) is 15.1. The van der Waals surface area contributed by atoms with E-state index < -0.39 is 0 Å². The molecule has 1 aliphatic heterocycles. The third-order valence-electron chi connectivity index (χ3n) is 4.15. The van der Waals surface area contributed by atoms with Crippen LogP contribution in [-0.4, -0.2) is 22.6 Å². The molecule has 0 aromatic carbocycles. The van der Waals surface area contributed by atoms with Crippen molar-refractivity contribution >= 4 is 28.7 Å². The Hall–Kier alpha value is -1.29. The fourth-order valence-corrected chi connectivity index (χ4v) is 3.52. The highest BCUT2D eigenvalue weighted by Crippen LogP contribution is 2.41. The molecule has 0 fully saturated rings. The number of aromatic nitrogens is 1. The second-order valence-corrected chi connectivity index (χ2v) is 6.83. The molecule has 3 nitrogen and oxygen atoms in total. The Morgan fingerprint density at radius 1 is 1.35 bits per heavy atom. The van der Waals surface area contributed by atoms with E-state index >= 15 is 0 Å². The molecule has 2 heterocycles. The number of hydrogen-bond acceptors (Lipinski definition) is 3. The molecule has 0 saturated heterocycles. The van der Waals surface area contributed by atoms with Gasteiger partial charge in [-0.2, -0.15) is 0 Å². The highest BCUT2D eigenvalue weighted by molar-refractivity contribution is 8.13. The molecule has 0 unspecified atom stereocenters. The largest absolute Gasteiger partial charge is 0.352 e. The lowest BCUT2D eigenvalue weighted by Gasteiger charge is -2.17. The summed E-state index contributed by atoms with van der Waals surface area (Å²) in [5.74, 6) is 0. The van der Waals surface area contributed by atoms with E-state index in [1.165, 1.54) is 5.04 Å². The first-order valence-electron chi connectivity index (χ1n) is 6.79. The SMILES string of the molecule is CSC1=N/C(=C(/C)c2[nH]c(C=O)c(C)c2C)CC1(C)C. The van der Waals surface area contributed by atoms with E-state index in [4.69, 9.17) is 4.99 Å². The molecule has 0 saturated carbocycles. The average Bonchev–Trinajstić information content (AvgIpc) is 2.87. The van der Waals surface area contributed by atoms with Gasteiger partial charge in [-0.15, -0.1) is 11.8 Å². The van der Waals surface area contributed by atoms with Gasteiger partial charge in [-0.1, -0.05) is 13.8 Å². The van der Waals surface area contributed by atoms with E-state index in [-0.39, 0.29) is 5.41 Å². The minimum Gasteiger partial charge on any atom is -0.352 e. The third-order valence-corrected chi connectivity index (χ3v) is 5.18. The summed E-state index contributed by atoms with van der Waals surface area (Å²) in [6.07, 6.45) is 3.91. The maximum absolute atomic E-state index is 11.1. The number of allylic oxidation sites excluding steroid dienone is 2. The van der Waals surface area contributed by atoms with Crippen molar-refractivity contribution in [1.29, 1.82) is 0 Å². The molecule has 1 aromatic rings. The molecular weight excluding hydrogens is 268 g/mol. The van der Waals surface area contributed by atoms with Crippen LogP contribution in [0.5, 0.6) is 0 Å². The van der Waals surface area contributed by atoms with Gasteiger partial charge in [-0.25, -0.2) is 0 Å². The molecule has 0 aliphatic carbocycles. The minimum atomic E-state index is 0.110. The molecule has 0 spiro atoms. The number of aldehydes is 1. The third kappa shape index (κ3) is 2.37. The first kappa shape index (κ1) is 15.1. The van der Waals surface area contributed by atoms with Crippen molar-refractivity contribution in [1.82, 2.24) is 4.98 Å². The number of nitrogens with one attached hydrogen (secondary N) is 1. The summed E-state index contributed by atoms with van der Waals surface area (Å²) in [6.45, 7) is 10.6. The normalized spacial score (nSPS) is 20.0. The molecule has 1 N–H and O–H groups in total. The zero-order valence-corrected chi connectivity index (χ0v) is 13.9. The van der Waals surface area contributed by atoms with E-state index in [1.54, 1.807) is 11.8 Å². The van der Waals surface area contributed by atoms with Crippen molar-refractivity contribution in [2.45, 2.75) is 41.0 Å². The lowest BCUT2D eigenvalue weighted by atomic mass is 9.90. The highest BCUT2D eigenvalue weighted by atomic mass is 32.2. The molecule has 0 bridgehead atoms. The molecule has 1 aromatic heterocycles. The first-order chi connectivity index (χ1) is 9.31. The van der Waals surface area contributed by atoms with Gasteiger partial charge in [0.05, 0.1) is 10.7 Å². The van der Waals surface area contributed by atoms with Gasteiger partial charge in [0.2, 0.25) is 0 Å². The smallest absolute Gasteiger partial charge is 0.166 e. The number of H-pyrrole nitrogens is 1. The molecule has 1 aliphatic rings. The Morgan fingerprint density at radius 2 is 2.00 bits per heavy atom. The van der Waals surface area contributed by atoms with Crippen LogP contribution in [0.2, 0.25) is 0 Å². The van der Waals surface area contributed by atoms with Gasteiger partial charge >= 0.3 is 0 Å². The molecule has 4 heteroatoms. The van der Waals surface area contributed by atoms with E-state index in [9.17, 15) is 4.79 Å². The van der Waals surface area contributed by atoms with Crippen molar-refractivity contribution < 1.29 is 4.79 Å². The van der Waals surface area contributed by atoms with Crippen LogP contribution in [0.25, 0.3) is 5.57 Å². The van der Waals surface area contributed by atoms with Crippen LogP contribution in [0.15, 0.2) is 10.7 Å². The van der Waals surface area contributed by atoms with Crippen LogP contribution in [0.3, 0.4) is 0 Å². The molecule has 0 atom stereocenters. The summed E-state index contributed by atoms with van der Waals surface area (Å²) in [5, 5.41) is 1.18. The monoisotopic (exact) mass is 290 g/mol. The number of hydrogen-bond donors (Lipinski definition) is 1. The van der Waals surface area contributed by atoms with Crippen LogP contribution in [0.4, 0.5) is 0 Å². The maximum Gasteiger partial charge on any atom is 0.166 e. The number of nitrogens with zero attached hydrogens (tertiary/aromatic N) is 1. The van der Waals surface area contributed by atoms with E-state index in [2.05, 4.69) is 38.9 Å². The van der Waals surface area contributed by atoms with Crippen molar-refractivity contribution in [3.05, 3.63) is 28.2 Å². The molecular formula is C16H22N2OS. The first-order valence-corrected chi connectivity index (χ1v) is 8.02. The maximum atomic E-state index is 11.1. The number of carbonyl (C=O) groups is 1. The summed E-state index contributed by atoms with van der Waals surface area (Å²) in [4.78, 5) is 19.1. The molecule has 20 heavy (non-hydrogen) atoms. The summed E-state index contributed by atoms with van der Waals surface area (Å²) >= 11 is 1.72. The highest BCUT2D eigenvalue weighted by Gasteiger charge is 2.33. The van der Waals surface area contributed by atoms with Crippen LogP contribution in [0.1, 0.15) is 54.5 Å². The van der Waals surface area contributed by atoms with Crippen LogP contribution in [0, 0.1) is 19.3 Å². The predicted molar refractivity (Wildman–Crippen MR) is 87.6 cm³/mol. The van der Waals surface area contributed by atoms with E-state index in [0.717, 1.165) is 40.8 Å². The van der Waals surface area contributed by atoms with Crippen molar-refractivity contribution in [2.24, 2.45) is 10.4 Å². The Morgan fingerprint density at radius 3 is 2.45 bits per heavy atom. The Labute approximate surface area is 125 Å². The van der Waals surface area contributed by atoms with Crippen LogP contribution < -0.4 is 0 Å². The van der Waals surface area contributed by atoms with E-state index in [0.29, 0.717) is 5.69 Å². The minimum absolute atomic E-state index is 0.110. The zero-order valence-electron chi connectivity index (χ0n) is 13.0. The Bertz CT molecular complexity index is 621. The quantitative estimate of drug-likeness (QED) is 0.822. The van der Waals surface area contributed by atoms with E-state index in [1.807, 2.05) is 6.92 Å².